The number of rotatable bonds is 2. The van der Waals surface area contributed by atoms with Gasteiger partial charge >= 0.3 is 0 Å². The molecule has 2 rings (SSSR count). The van der Waals surface area contributed by atoms with Crippen LogP contribution in [0.4, 0.5) is 11.5 Å². The number of nitrogens with one attached hydrogen (secondary N) is 1. The SMILES string of the molecule is CNc1ccc(N2CC(C)C2)cn1. The molecule has 0 aromatic carbocycles. The molecule has 0 spiro atoms. The van der Waals surface area contributed by atoms with Crippen LogP contribution in [0.15, 0.2) is 18.3 Å². The van der Waals surface area contributed by atoms with Gasteiger partial charge in [0, 0.05) is 20.1 Å². The predicted octanol–water partition coefficient (Wildman–Crippen LogP) is 1.58. The van der Waals surface area contributed by atoms with E-state index in [1.807, 2.05) is 19.3 Å². The van der Waals surface area contributed by atoms with Crippen molar-refractivity contribution in [1.29, 1.82) is 0 Å². The molecule has 0 radical (unpaired) electrons. The summed E-state index contributed by atoms with van der Waals surface area (Å²) in [5.41, 5.74) is 1.23. The van der Waals surface area contributed by atoms with E-state index in [1.165, 1.54) is 18.8 Å². The number of pyridine rings is 1. The standard InChI is InChI=1S/C10H15N3/c1-8-6-13(7-8)9-3-4-10(11-2)12-5-9/h3-5,8H,6-7H2,1-2H3,(H,11,12). The molecular formula is C10H15N3. The van der Waals surface area contributed by atoms with E-state index >= 15 is 0 Å². The number of hydrogen-bond donors (Lipinski definition) is 1. The third kappa shape index (κ3) is 1.59. The van der Waals surface area contributed by atoms with Gasteiger partial charge in [0.2, 0.25) is 0 Å². The third-order valence-electron chi connectivity index (χ3n) is 2.43. The first-order valence-electron chi connectivity index (χ1n) is 4.68. The fourth-order valence-electron chi connectivity index (χ4n) is 1.63. The van der Waals surface area contributed by atoms with E-state index in [1.54, 1.807) is 0 Å². The van der Waals surface area contributed by atoms with Gasteiger partial charge in [-0.05, 0) is 18.1 Å². The Morgan fingerprint density at radius 1 is 1.46 bits per heavy atom. The first-order valence-corrected chi connectivity index (χ1v) is 4.68. The van der Waals surface area contributed by atoms with E-state index in [-0.39, 0.29) is 0 Å². The fourth-order valence-corrected chi connectivity index (χ4v) is 1.63. The average Bonchev–Trinajstić information content (AvgIpc) is 2.13. The van der Waals surface area contributed by atoms with E-state index in [0.717, 1.165) is 11.7 Å². The van der Waals surface area contributed by atoms with E-state index in [9.17, 15) is 0 Å². The molecule has 0 bridgehead atoms. The summed E-state index contributed by atoms with van der Waals surface area (Å²) in [5.74, 6) is 1.77. The summed E-state index contributed by atoms with van der Waals surface area (Å²) in [6.07, 6.45) is 1.93. The van der Waals surface area contributed by atoms with Crippen molar-refractivity contribution in [2.45, 2.75) is 6.92 Å². The van der Waals surface area contributed by atoms with Crippen LogP contribution in [0.5, 0.6) is 0 Å². The summed E-state index contributed by atoms with van der Waals surface area (Å²) in [5, 5.41) is 3.01. The highest BCUT2D eigenvalue weighted by Crippen LogP contribution is 2.23. The fraction of sp³-hybridized carbons (Fsp3) is 0.500. The van der Waals surface area contributed by atoms with E-state index in [4.69, 9.17) is 0 Å². The highest BCUT2D eigenvalue weighted by Gasteiger charge is 2.22. The summed E-state index contributed by atoms with van der Waals surface area (Å²) in [6, 6.07) is 4.13. The first kappa shape index (κ1) is 8.35. The van der Waals surface area contributed by atoms with Crippen LogP contribution in [0.2, 0.25) is 0 Å². The van der Waals surface area contributed by atoms with Crippen LogP contribution in [0.25, 0.3) is 0 Å². The minimum Gasteiger partial charge on any atom is -0.373 e. The van der Waals surface area contributed by atoms with Gasteiger partial charge in [-0.15, -0.1) is 0 Å². The molecule has 3 heteroatoms. The van der Waals surface area contributed by atoms with Crippen LogP contribution in [0.1, 0.15) is 6.92 Å². The molecule has 13 heavy (non-hydrogen) atoms. The lowest BCUT2D eigenvalue weighted by Crippen LogP contribution is -2.45. The van der Waals surface area contributed by atoms with Crippen LogP contribution >= 0.6 is 0 Å². The van der Waals surface area contributed by atoms with E-state index in [2.05, 4.69) is 28.2 Å². The summed E-state index contributed by atoms with van der Waals surface area (Å²) in [6.45, 7) is 4.60. The zero-order chi connectivity index (χ0) is 9.26. The van der Waals surface area contributed by atoms with Crippen molar-refractivity contribution in [2.75, 3.05) is 30.4 Å². The van der Waals surface area contributed by atoms with Gasteiger partial charge in [-0.3, -0.25) is 0 Å². The van der Waals surface area contributed by atoms with Gasteiger partial charge in [-0.2, -0.15) is 0 Å². The molecule has 1 saturated heterocycles. The second kappa shape index (κ2) is 3.24. The molecule has 1 aliphatic heterocycles. The maximum absolute atomic E-state index is 4.27. The first-order chi connectivity index (χ1) is 6.29. The van der Waals surface area contributed by atoms with Gasteiger partial charge in [-0.1, -0.05) is 6.92 Å². The molecule has 2 heterocycles. The molecule has 3 nitrogen and oxygen atoms in total. The van der Waals surface area contributed by atoms with E-state index < -0.39 is 0 Å². The maximum atomic E-state index is 4.27. The van der Waals surface area contributed by atoms with Gasteiger partial charge in [0.15, 0.2) is 0 Å². The van der Waals surface area contributed by atoms with Crippen LogP contribution in [0, 0.1) is 5.92 Å². The minimum absolute atomic E-state index is 0.837. The zero-order valence-corrected chi connectivity index (χ0v) is 8.12. The van der Waals surface area contributed by atoms with Crippen molar-refractivity contribution >= 4 is 11.5 Å². The van der Waals surface area contributed by atoms with Crippen molar-refractivity contribution in [3.05, 3.63) is 18.3 Å². The quantitative estimate of drug-likeness (QED) is 0.743. The van der Waals surface area contributed by atoms with Crippen LogP contribution in [0.3, 0.4) is 0 Å². The molecule has 0 aliphatic carbocycles. The van der Waals surface area contributed by atoms with Gasteiger partial charge in [0.05, 0.1) is 11.9 Å². The lowest BCUT2D eigenvalue weighted by molar-refractivity contribution is 0.447. The second-order valence-electron chi connectivity index (χ2n) is 3.66. The average molecular weight is 177 g/mol. The van der Waals surface area contributed by atoms with Gasteiger partial charge < -0.3 is 10.2 Å². The minimum atomic E-state index is 0.837. The molecule has 1 aliphatic rings. The molecule has 0 saturated carbocycles. The molecule has 1 fully saturated rings. The Hall–Kier alpha value is -1.25. The molecule has 0 atom stereocenters. The molecule has 1 aromatic rings. The maximum Gasteiger partial charge on any atom is 0.125 e. The second-order valence-corrected chi connectivity index (χ2v) is 3.66. The summed E-state index contributed by atoms with van der Waals surface area (Å²) < 4.78 is 0. The van der Waals surface area contributed by atoms with Crippen LogP contribution in [-0.2, 0) is 0 Å². The third-order valence-corrected chi connectivity index (χ3v) is 2.43. The van der Waals surface area contributed by atoms with Crippen LogP contribution < -0.4 is 10.2 Å². The number of anilines is 2. The van der Waals surface area contributed by atoms with Gasteiger partial charge in [0.1, 0.15) is 5.82 Å². The Morgan fingerprint density at radius 3 is 2.69 bits per heavy atom. The zero-order valence-electron chi connectivity index (χ0n) is 8.12. The van der Waals surface area contributed by atoms with Gasteiger partial charge in [0.25, 0.3) is 0 Å². The van der Waals surface area contributed by atoms with E-state index in [0.29, 0.717) is 0 Å². The normalized spacial score (nSPS) is 16.9. The smallest absolute Gasteiger partial charge is 0.125 e. The summed E-state index contributed by atoms with van der Waals surface area (Å²) in [7, 11) is 1.88. The summed E-state index contributed by atoms with van der Waals surface area (Å²) in [4.78, 5) is 6.62. The molecule has 0 amide bonds. The number of aromatic nitrogens is 1. The molecule has 70 valence electrons. The molecule has 1 N–H and O–H groups in total. The highest BCUT2D eigenvalue weighted by molar-refractivity contribution is 5.50. The van der Waals surface area contributed by atoms with Crippen molar-refractivity contribution in [3.8, 4) is 0 Å². The topological polar surface area (TPSA) is 28.2 Å². The van der Waals surface area contributed by atoms with Crippen LogP contribution in [-0.4, -0.2) is 25.1 Å². The number of nitrogens with zero attached hydrogens (tertiary/aromatic N) is 2. The Labute approximate surface area is 78.8 Å². The Kier molecular flexibility index (Phi) is 2.08. The Morgan fingerprint density at radius 2 is 2.23 bits per heavy atom. The Bertz CT molecular complexity index is 275. The van der Waals surface area contributed by atoms with Crippen molar-refractivity contribution in [2.24, 2.45) is 5.92 Å². The predicted molar refractivity (Wildman–Crippen MR) is 55.2 cm³/mol. The lowest BCUT2D eigenvalue weighted by Gasteiger charge is -2.38. The van der Waals surface area contributed by atoms with Crippen molar-refractivity contribution in [3.63, 3.8) is 0 Å². The molecular weight excluding hydrogens is 162 g/mol. The Balaban J connectivity index is 2.06. The lowest BCUT2D eigenvalue weighted by atomic mass is 10.0. The molecule has 1 aromatic heterocycles. The number of hydrogen-bond acceptors (Lipinski definition) is 3. The molecule has 0 unspecified atom stereocenters. The summed E-state index contributed by atoms with van der Waals surface area (Å²) >= 11 is 0. The monoisotopic (exact) mass is 177 g/mol. The highest BCUT2D eigenvalue weighted by atomic mass is 15.2. The van der Waals surface area contributed by atoms with Crippen molar-refractivity contribution < 1.29 is 0 Å². The van der Waals surface area contributed by atoms with Crippen molar-refractivity contribution in [1.82, 2.24) is 4.98 Å². The largest absolute Gasteiger partial charge is 0.373 e. The van der Waals surface area contributed by atoms with Gasteiger partial charge in [-0.25, -0.2) is 4.98 Å².